The topological polar surface area (TPSA) is 125 Å². The maximum atomic E-state index is 12.9. The molecule has 0 aliphatic carbocycles. The van der Waals surface area contributed by atoms with E-state index in [1.54, 1.807) is 6.07 Å². The molecule has 0 saturated carbocycles. The first-order valence-corrected chi connectivity index (χ1v) is 9.46. The highest BCUT2D eigenvalue weighted by atomic mass is 32.2. The van der Waals surface area contributed by atoms with Gasteiger partial charge in [0.2, 0.25) is 10.0 Å². The number of sulfonamides is 1. The number of ether oxygens (including phenoxy) is 1. The maximum absolute atomic E-state index is 12.9. The predicted octanol–water partition coefficient (Wildman–Crippen LogP) is 1.55. The summed E-state index contributed by atoms with van der Waals surface area (Å²) >= 11 is 0. The van der Waals surface area contributed by atoms with Gasteiger partial charge in [-0.1, -0.05) is 12.1 Å². The third-order valence-electron chi connectivity index (χ3n) is 3.49. The zero-order valence-electron chi connectivity index (χ0n) is 14.7. The Labute approximate surface area is 161 Å². The van der Waals surface area contributed by atoms with Gasteiger partial charge in [-0.05, 0) is 43.3 Å². The van der Waals surface area contributed by atoms with Crippen LogP contribution in [0.15, 0.2) is 53.4 Å². The Kier molecular flexibility index (Phi) is 6.81. The highest BCUT2D eigenvalue weighted by Crippen LogP contribution is 2.14. The summed E-state index contributed by atoms with van der Waals surface area (Å²) in [5, 5.41) is 11.4. The fourth-order valence-electron chi connectivity index (χ4n) is 2.09. The lowest BCUT2D eigenvalue weighted by molar-refractivity contribution is -0.151. The van der Waals surface area contributed by atoms with Crippen LogP contribution in [0.1, 0.15) is 12.5 Å². The lowest BCUT2D eigenvalue weighted by atomic mass is 10.2. The van der Waals surface area contributed by atoms with E-state index in [-0.39, 0.29) is 10.5 Å². The summed E-state index contributed by atoms with van der Waals surface area (Å²) in [6, 6.07) is 12.2. The van der Waals surface area contributed by atoms with E-state index in [0.717, 1.165) is 12.1 Å². The van der Waals surface area contributed by atoms with E-state index < -0.39 is 40.4 Å². The molecule has 2 rings (SSSR count). The number of rotatable bonds is 7. The highest BCUT2D eigenvalue weighted by Gasteiger charge is 2.22. The van der Waals surface area contributed by atoms with Crippen molar-refractivity contribution in [3.05, 3.63) is 59.9 Å². The number of carbonyl (C=O) groups is 2. The molecule has 0 heterocycles. The molecule has 28 heavy (non-hydrogen) atoms. The van der Waals surface area contributed by atoms with Gasteiger partial charge in [0.15, 0.2) is 6.10 Å². The fourth-order valence-corrected chi connectivity index (χ4v) is 3.22. The van der Waals surface area contributed by atoms with Crippen molar-refractivity contribution < 1.29 is 27.1 Å². The molecule has 0 aliphatic heterocycles. The summed E-state index contributed by atoms with van der Waals surface area (Å²) in [7, 11) is -4.12. The smallest absolute Gasteiger partial charge is 0.321 e. The molecule has 0 fully saturated rings. The normalized spacial score (nSPS) is 11.9. The lowest BCUT2D eigenvalue weighted by Gasteiger charge is -2.14. The summed E-state index contributed by atoms with van der Waals surface area (Å²) in [6.07, 6.45) is -1.21. The van der Waals surface area contributed by atoms with Crippen molar-refractivity contribution >= 4 is 27.6 Å². The first-order valence-electron chi connectivity index (χ1n) is 7.97. The standard InChI is InChI=1S/C18H16FN3O5S/c1-12(18(24)22-15-8-6-14(19)7-9-15)27-17(23)11-21-28(25,26)16-5-3-2-4-13(16)10-20/h2-9,12,21H,11H2,1H3,(H,22,24)/t12-/m1/s1. The Balaban J connectivity index is 1.91. The number of nitriles is 1. The minimum absolute atomic E-state index is 0.0737. The first kappa shape index (κ1) is 21.0. The molecule has 0 bridgehead atoms. The van der Waals surface area contributed by atoms with Crippen LogP contribution >= 0.6 is 0 Å². The third kappa shape index (κ3) is 5.60. The minimum atomic E-state index is -4.12. The van der Waals surface area contributed by atoms with E-state index >= 15 is 0 Å². The second-order valence-corrected chi connectivity index (χ2v) is 7.30. The van der Waals surface area contributed by atoms with Gasteiger partial charge in [0.25, 0.3) is 5.91 Å². The second-order valence-electron chi connectivity index (χ2n) is 5.56. The van der Waals surface area contributed by atoms with E-state index in [0.29, 0.717) is 5.69 Å². The van der Waals surface area contributed by atoms with Crippen molar-refractivity contribution in [1.82, 2.24) is 4.72 Å². The van der Waals surface area contributed by atoms with Gasteiger partial charge in [-0.2, -0.15) is 9.98 Å². The van der Waals surface area contributed by atoms with Gasteiger partial charge in [-0.25, -0.2) is 12.8 Å². The van der Waals surface area contributed by atoms with Crippen molar-refractivity contribution in [2.75, 3.05) is 11.9 Å². The van der Waals surface area contributed by atoms with Crippen molar-refractivity contribution in [2.45, 2.75) is 17.9 Å². The summed E-state index contributed by atoms with van der Waals surface area (Å²) < 4.78 is 44.2. The van der Waals surface area contributed by atoms with Gasteiger partial charge in [0.1, 0.15) is 18.4 Å². The summed E-state index contributed by atoms with van der Waals surface area (Å²) in [5.74, 6) is -2.12. The SMILES string of the molecule is C[C@@H](OC(=O)CNS(=O)(=O)c1ccccc1C#N)C(=O)Nc1ccc(F)cc1. The Morgan fingerprint density at radius 2 is 1.82 bits per heavy atom. The largest absolute Gasteiger partial charge is 0.452 e. The van der Waals surface area contributed by atoms with E-state index in [2.05, 4.69) is 5.32 Å². The summed E-state index contributed by atoms with van der Waals surface area (Å²) in [4.78, 5) is 23.6. The molecule has 0 radical (unpaired) electrons. The lowest BCUT2D eigenvalue weighted by Crippen LogP contribution is -2.36. The van der Waals surface area contributed by atoms with E-state index in [1.165, 1.54) is 43.3 Å². The highest BCUT2D eigenvalue weighted by molar-refractivity contribution is 7.89. The van der Waals surface area contributed by atoms with Crippen LogP contribution in [0.3, 0.4) is 0 Å². The molecule has 2 N–H and O–H groups in total. The number of amides is 1. The molecule has 10 heteroatoms. The monoisotopic (exact) mass is 405 g/mol. The quantitative estimate of drug-likeness (QED) is 0.673. The van der Waals surface area contributed by atoms with Crippen LogP contribution in [0.4, 0.5) is 10.1 Å². The molecule has 0 aliphatic rings. The van der Waals surface area contributed by atoms with Crippen LogP contribution in [0.25, 0.3) is 0 Å². The molecule has 2 aromatic rings. The van der Waals surface area contributed by atoms with Crippen molar-refractivity contribution in [1.29, 1.82) is 5.26 Å². The van der Waals surface area contributed by atoms with E-state index in [4.69, 9.17) is 10.00 Å². The maximum Gasteiger partial charge on any atom is 0.321 e. The zero-order chi connectivity index (χ0) is 20.7. The van der Waals surface area contributed by atoms with E-state index in [9.17, 15) is 22.4 Å². The number of halogens is 1. The Morgan fingerprint density at radius 3 is 2.46 bits per heavy atom. The molecule has 0 unspecified atom stereocenters. The van der Waals surface area contributed by atoms with Gasteiger partial charge in [0, 0.05) is 5.69 Å². The molecular weight excluding hydrogens is 389 g/mol. The number of hydrogen-bond donors (Lipinski definition) is 2. The molecule has 1 atom stereocenters. The molecule has 1 amide bonds. The molecule has 8 nitrogen and oxygen atoms in total. The Hall–Kier alpha value is -3.29. The predicted molar refractivity (Wildman–Crippen MR) is 96.9 cm³/mol. The van der Waals surface area contributed by atoms with Crippen LogP contribution in [0, 0.1) is 17.1 Å². The van der Waals surface area contributed by atoms with Crippen LogP contribution in [0.5, 0.6) is 0 Å². The molecule has 2 aromatic carbocycles. The van der Waals surface area contributed by atoms with Gasteiger partial charge in [-0.3, -0.25) is 9.59 Å². The van der Waals surface area contributed by atoms with Crippen molar-refractivity contribution in [3.63, 3.8) is 0 Å². The zero-order valence-corrected chi connectivity index (χ0v) is 15.5. The molecule has 146 valence electrons. The van der Waals surface area contributed by atoms with Gasteiger partial charge in [0.05, 0.1) is 10.5 Å². The average Bonchev–Trinajstić information content (AvgIpc) is 2.68. The molecule has 0 spiro atoms. The van der Waals surface area contributed by atoms with Crippen molar-refractivity contribution in [2.24, 2.45) is 0 Å². The van der Waals surface area contributed by atoms with Crippen LogP contribution in [-0.4, -0.2) is 32.9 Å². The van der Waals surface area contributed by atoms with E-state index in [1.807, 2.05) is 4.72 Å². The molecular formula is C18H16FN3O5S. The number of anilines is 1. The minimum Gasteiger partial charge on any atom is -0.452 e. The van der Waals surface area contributed by atoms with Crippen LogP contribution in [-0.2, 0) is 24.3 Å². The number of carbonyl (C=O) groups excluding carboxylic acids is 2. The Bertz CT molecular complexity index is 1020. The molecule has 0 aromatic heterocycles. The van der Waals surface area contributed by atoms with Gasteiger partial charge >= 0.3 is 5.97 Å². The van der Waals surface area contributed by atoms with Crippen LogP contribution in [0.2, 0.25) is 0 Å². The van der Waals surface area contributed by atoms with Gasteiger partial charge < -0.3 is 10.1 Å². The van der Waals surface area contributed by atoms with Gasteiger partial charge in [-0.15, -0.1) is 0 Å². The third-order valence-corrected chi connectivity index (χ3v) is 4.95. The number of esters is 1. The fraction of sp³-hybridized carbons (Fsp3) is 0.167. The average molecular weight is 405 g/mol. The summed E-state index contributed by atoms with van der Waals surface area (Å²) in [5.41, 5.74) is 0.235. The Morgan fingerprint density at radius 1 is 1.18 bits per heavy atom. The number of benzene rings is 2. The number of hydrogen-bond acceptors (Lipinski definition) is 6. The van der Waals surface area contributed by atoms with Crippen molar-refractivity contribution in [3.8, 4) is 6.07 Å². The number of nitrogens with one attached hydrogen (secondary N) is 2. The molecule has 0 saturated heterocycles. The summed E-state index contributed by atoms with van der Waals surface area (Å²) in [6.45, 7) is 0.576. The van der Waals surface area contributed by atoms with Crippen LogP contribution < -0.4 is 10.0 Å². The first-order chi connectivity index (χ1) is 13.2. The second kappa shape index (κ2) is 9.07. The number of nitrogens with zero attached hydrogens (tertiary/aromatic N) is 1.